The van der Waals surface area contributed by atoms with Gasteiger partial charge in [-0.3, -0.25) is 0 Å². The zero-order valence-corrected chi connectivity index (χ0v) is 10.6. The molecule has 0 amide bonds. The van der Waals surface area contributed by atoms with Gasteiger partial charge in [0.25, 0.3) is 0 Å². The first-order valence-corrected chi connectivity index (χ1v) is 6.83. The molecule has 0 aromatic heterocycles. The van der Waals surface area contributed by atoms with Crippen LogP contribution >= 0.6 is 0 Å². The van der Waals surface area contributed by atoms with Gasteiger partial charge in [0, 0.05) is 6.04 Å². The maximum absolute atomic E-state index is 6.46. The molecule has 2 aliphatic carbocycles. The van der Waals surface area contributed by atoms with Gasteiger partial charge in [0.1, 0.15) is 0 Å². The Kier molecular flexibility index (Phi) is 3.39. The molecule has 2 aliphatic rings. The smallest absolute Gasteiger partial charge is 0.00958 e. The fourth-order valence-electron chi connectivity index (χ4n) is 3.69. The van der Waals surface area contributed by atoms with E-state index < -0.39 is 0 Å². The first-order chi connectivity index (χ1) is 7.08. The van der Waals surface area contributed by atoms with E-state index >= 15 is 0 Å². The maximum Gasteiger partial charge on any atom is 0.00958 e. The predicted octanol–water partition coefficient (Wildman–Crippen LogP) is 3.43. The molecule has 2 saturated carbocycles. The predicted molar refractivity (Wildman–Crippen MR) is 65.5 cm³/mol. The van der Waals surface area contributed by atoms with Crippen LogP contribution in [0.25, 0.3) is 0 Å². The summed E-state index contributed by atoms with van der Waals surface area (Å²) in [6, 6.07) is 0.475. The minimum atomic E-state index is 0.475. The van der Waals surface area contributed by atoms with E-state index in [-0.39, 0.29) is 0 Å². The summed E-state index contributed by atoms with van der Waals surface area (Å²) >= 11 is 0. The average molecular weight is 209 g/mol. The van der Waals surface area contributed by atoms with Gasteiger partial charge < -0.3 is 5.73 Å². The quantitative estimate of drug-likeness (QED) is 0.757. The molecule has 0 spiro atoms. The van der Waals surface area contributed by atoms with E-state index in [0.29, 0.717) is 6.04 Å². The lowest BCUT2D eigenvalue weighted by Gasteiger charge is -2.37. The molecule has 0 aliphatic heterocycles. The molecule has 1 heteroatoms. The third-order valence-electron chi connectivity index (χ3n) is 4.73. The monoisotopic (exact) mass is 209 g/mol. The van der Waals surface area contributed by atoms with Gasteiger partial charge in [-0.25, -0.2) is 0 Å². The second-order valence-corrected chi connectivity index (χ2v) is 6.45. The minimum Gasteiger partial charge on any atom is -0.327 e. The van der Waals surface area contributed by atoms with Crippen LogP contribution in [-0.4, -0.2) is 6.04 Å². The molecule has 0 saturated heterocycles. The van der Waals surface area contributed by atoms with Gasteiger partial charge in [-0.15, -0.1) is 0 Å². The van der Waals surface area contributed by atoms with Crippen molar-refractivity contribution in [2.24, 2.45) is 35.3 Å². The summed E-state index contributed by atoms with van der Waals surface area (Å²) in [6.45, 7) is 7.18. The highest BCUT2D eigenvalue weighted by atomic mass is 14.7. The van der Waals surface area contributed by atoms with Crippen molar-refractivity contribution in [2.75, 3.05) is 0 Å². The van der Waals surface area contributed by atoms with Gasteiger partial charge in [-0.05, 0) is 61.7 Å². The normalized spacial score (nSPS) is 41.2. The van der Waals surface area contributed by atoms with Crippen LogP contribution in [0.5, 0.6) is 0 Å². The van der Waals surface area contributed by atoms with Gasteiger partial charge in [0.2, 0.25) is 0 Å². The van der Waals surface area contributed by atoms with E-state index in [1.807, 2.05) is 0 Å². The first-order valence-electron chi connectivity index (χ1n) is 6.83. The number of hydrogen-bond donors (Lipinski definition) is 1. The van der Waals surface area contributed by atoms with Gasteiger partial charge in [-0.1, -0.05) is 20.8 Å². The van der Waals surface area contributed by atoms with Crippen LogP contribution in [0.3, 0.4) is 0 Å². The summed E-state index contributed by atoms with van der Waals surface area (Å²) in [4.78, 5) is 0. The molecule has 2 rings (SSSR count). The summed E-state index contributed by atoms with van der Waals surface area (Å²) in [5.74, 6) is 4.34. The Labute approximate surface area is 94.8 Å². The molecule has 2 fully saturated rings. The topological polar surface area (TPSA) is 26.0 Å². The SMILES string of the molecule is CC1CC(C)CC(C(N)C(C)C2CC2)C1. The average Bonchev–Trinajstić information content (AvgIpc) is 2.97. The molecule has 4 unspecified atom stereocenters. The molecule has 2 N–H and O–H groups in total. The summed E-state index contributed by atoms with van der Waals surface area (Å²) in [7, 11) is 0. The standard InChI is InChI=1S/C14H27N/c1-9-6-10(2)8-13(7-9)14(15)11(3)12-4-5-12/h9-14H,4-8,15H2,1-3H3. The van der Waals surface area contributed by atoms with Crippen LogP contribution in [0.2, 0.25) is 0 Å². The van der Waals surface area contributed by atoms with Crippen molar-refractivity contribution >= 4 is 0 Å². The number of nitrogens with two attached hydrogens (primary N) is 1. The molecule has 88 valence electrons. The molecule has 0 bridgehead atoms. The highest BCUT2D eigenvalue weighted by Crippen LogP contribution is 2.42. The number of hydrogen-bond acceptors (Lipinski definition) is 1. The molecule has 0 aromatic carbocycles. The minimum absolute atomic E-state index is 0.475. The first kappa shape index (κ1) is 11.4. The van der Waals surface area contributed by atoms with Crippen molar-refractivity contribution < 1.29 is 0 Å². The highest BCUT2D eigenvalue weighted by molar-refractivity contribution is 4.90. The number of rotatable bonds is 3. The van der Waals surface area contributed by atoms with Crippen LogP contribution in [0.4, 0.5) is 0 Å². The third kappa shape index (κ3) is 2.75. The van der Waals surface area contributed by atoms with Crippen molar-refractivity contribution in [1.82, 2.24) is 0 Å². The van der Waals surface area contributed by atoms with Gasteiger partial charge in [-0.2, -0.15) is 0 Å². The van der Waals surface area contributed by atoms with E-state index in [4.69, 9.17) is 5.73 Å². The van der Waals surface area contributed by atoms with E-state index in [9.17, 15) is 0 Å². The highest BCUT2D eigenvalue weighted by Gasteiger charge is 2.37. The van der Waals surface area contributed by atoms with Gasteiger partial charge >= 0.3 is 0 Å². The van der Waals surface area contributed by atoms with Crippen LogP contribution < -0.4 is 5.73 Å². The van der Waals surface area contributed by atoms with Crippen molar-refractivity contribution in [1.29, 1.82) is 0 Å². The zero-order chi connectivity index (χ0) is 11.0. The Morgan fingerprint density at radius 1 is 0.933 bits per heavy atom. The van der Waals surface area contributed by atoms with Crippen LogP contribution in [0, 0.1) is 29.6 Å². The molecule has 0 radical (unpaired) electrons. The van der Waals surface area contributed by atoms with Crippen molar-refractivity contribution in [3.63, 3.8) is 0 Å². The second kappa shape index (κ2) is 4.45. The van der Waals surface area contributed by atoms with Gasteiger partial charge in [0.15, 0.2) is 0 Å². The van der Waals surface area contributed by atoms with Crippen LogP contribution in [-0.2, 0) is 0 Å². The van der Waals surface area contributed by atoms with E-state index in [1.54, 1.807) is 0 Å². The van der Waals surface area contributed by atoms with Crippen LogP contribution in [0.1, 0.15) is 52.9 Å². The molecule has 15 heavy (non-hydrogen) atoms. The van der Waals surface area contributed by atoms with Crippen LogP contribution in [0.15, 0.2) is 0 Å². The Morgan fingerprint density at radius 2 is 1.47 bits per heavy atom. The summed E-state index contributed by atoms with van der Waals surface area (Å²) in [5.41, 5.74) is 6.46. The fourth-order valence-corrected chi connectivity index (χ4v) is 3.69. The summed E-state index contributed by atoms with van der Waals surface area (Å²) in [6.07, 6.45) is 7.05. The molecule has 1 nitrogen and oxygen atoms in total. The van der Waals surface area contributed by atoms with Crippen molar-refractivity contribution in [3.8, 4) is 0 Å². The van der Waals surface area contributed by atoms with Crippen molar-refractivity contribution in [3.05, 3.63) is 0 Å². The van der Waals surface area contributed by atoms with E-state index in [0.717, 1.165) is 29.6 Å². The summed E-state index contributed by atoms with van der Waals surface area (Å²) < 4.78 is 0. The maximum atomic E-state index is 6.46. The lowest BCUT2D eigenvalue weighted by molar-refractivity contribution is 0.162. The fraction of sp³-hybridized carbons (Fsp3) is 1.00. The molecular weight excluding hydrogens is 182 g/mol. The Morgan fingerprint density at radius 3 is 1.93 bits per heavy atom. The third-order valence-corrected chi connectivity index (χ3v) is 4.73. The molecule has 0 heterocycles. The molecular formula is C14H27N. The molecule has 4 atom stereocenters. The Hall–Kier alpha value is -0.0400. The lowest BCUT2D eigenvalue weighted by Crippen LogP contribution is -2.40. The van der Waals surface area contributed by atoms with Gasteiger partial charge in [0.05, 0.1) is 0 Å². The Bertz CT molecular complexity index is 199. The second-order valence-electron chi connectivity index (χ2n) is 6.45. The van der Waals surface area contributed by atoms with E-state index in [2.05, 4.69) is 20.8 Å². The van der Waals surface area contributed by atoms with E-state index in [1.165, 1.54) is 32.1 Å². The summed E-state index contributed by atoms with van der Waals surface area (Å²) in [5, 5.41) is 0. The largest absolute Gasteiger partial charge is 0.327 e. The lowest BCUT2D eigenvalue weighted by atomic mass is 9.71. The Balaban J connectivity index is 1.90. The zero-order valence-electron chi connectivity index (χ0n) is 10.6. The van der Waals surface area contributed by atoms with Crippen molar-refractivity contribution in [2.45, 2.75) is 58.9 Å². The molecule has 0 aromatic rings.